The van der Waals surface area contributed by atoms with Crippen molar-refractivity contribution >= 4 is 11.6 Å². The van der Waals surface area contributed by atoms with Crippen LogP contribution in [-0.4, -0.2) is 27.9 Å². The van der Waals surface area contributed by atoms with Gasteiger partial charge in [-0.15, -0.1) is 0 Å². The summed E-state index contributed by atoms with van der Waals surface area (Å²) in [6.45, 7) is 0.516. The third-order valence-electron chi connectivity index (χ3n) is 2.26. The van der Waals surface area contributed by atoms with Crippen LogP contribution in [0, 0.1) is 0 Å². The number of ether oxygens (including phenoxy) is 3. The Morgan fingerprint density at radius 3 is 2.19 bits per heavy atom. The lowest BCUT2D eigenvalue weighted by Crippen LogP contribution is -2.06. The van der Waals surface area contributed by atoms with E-state index in [1.54, 1.807) is 14.2 Å². The number of hydrogen-bond acceptors (Lipinski definition) is 4. The first-order chi connectivity index (χ1) is 7.69. The van der Waals surface area contributed by atoms with E-state index in [1.165, 1.54) is 7.11 Å². The zero-order valence-electron chi connectivity index (χ0n) is 9.67. The molecule has 0 aliphatic carbocycles. The topological polar surface area (TPSA) is 53.7 Å². The van der Waals surface area contributed by atoms with Gasteiger partial charge in [-0.05, 0) is 19.0 Å². The Kier molecular flexibility index (Phi) is 4.71. The molecule has 0 amide bonds. The zero-order valence-corrected chi connectivity index (χ0v) is 10.4. The molecule has 1 rings (SSSR count). The Labute approximate surface area is 100 Å². The number of halogens is 1. The van der Waals surface area contributed by atoms with Crippen LogP contribution in [0.25, 0.3) is 0 Å². The molecule has 90 valence electrons. The molecule has 0 aliphatic heterocycles. The average Bonchev–Trinajstić information content (AvgIpc) is 2.29. The SMILES string of the molecule is COc1cc(CCN)c(OC)c(Cl)c1OC. The minimum Gasteiger partial charge on any atom is -0.495 e. The quantitative estimate of drug-likeness (QED) is 0.861. The molecule has 0 saturated heterocycles. The molecule has 0 radical (unpaired) electrons. The number of benzene rings is 1. The van der Waals surface area contributed by atoms with Crippen molar-refractivity contribution in [2.24, 2.45) is 5.73 Å². The van der Waals surface area contributed by atoms with Crippen molar-refractivity contribution in [1.82, 2.24) is 0 Å². The molecule has 1 aromatic carbocycles. The molecule has 0 spiro atoms. The summed E-state index contributed by atoms with van der Waals surface area (Å²) in [5.74, 6) is 1.64. The molecule has 0 heterocycles. The third kappa shape index (κ3) is 2.33. The second-order valence-electron chi connectivity index (χ2n) is 3.16. The Hall–Kier alpha value is -1.13. The molecule has 0 aromatic heterocycles. The highest BCUT2D eigenvalue weighted by atomic mass is 35.5. The van der Waals surface area contributed by atoms with Crippen molar-refractivity contribution in [3.8, 4) is 17.2 Å². The average molecular weight is 246 g/mol. The van der Waals surface area contributed by atoms with Crippen LogP contribution in [0.3, 0.4) is 0 Å². The van der Waals surface area contributed by atoms with Gasteiger partial charge in [0.25, 0.3) is 0 Å². The summed E-state index contributed by atoms with van der Waals surface area (Å²) >= 11 is 6.16. The van der Waals surface area contributed by atoms with Crippen LogP contribution < -0.4 is 19.9 Å². The van der Waals surface area contributed by atoms with E-state index in [1.807, 2.05) is 6.07 Å². The fraction of sp³-hybridized carbons (Fsp3) is 0.455. The van der Waals surface area contributed by atoms with E-state index in [-0.39, 0.29) is 0 Å². The zero-order chi connectivity index (χ0) is 12.1. The first-order valence-electron chi connectivity index (χ1n) is 4.87. The highest BCUT2D eigenvalue weighted by molar-refractivity contribution is 6.34. The molecule has 1 aromatic rings. The summed E-state index contributed by atoms with van der Waals surface area (Å²) in [5.41, 5.74) is 6.44. The van der Waals surface area contributed by atoms with Crippen molar-refractivity contribution in [3.63, 3.8) is 0 Å². The van der Waals surface area contributed by atoms with Gasteiger partial charge in [-0.3, -0.25) is 0 Å². The molecule has 0 unspecified atom stereocenters. The maximum absolute atomic E-state index is 6.16. The minimum absolute atomic E-state index is 0.410. The standard InChI is InChI=1S/C11H16ClNO3/c1-14-8-6-7(4-5-13)10(15-2)9(12)11(8)16-3/h6H,4-5,13H2,1-3H3. The summed E-state index contributed by atoms with van der Waals surface area (Å²) in [4.78, 5) is 0. The fourth-order valence-corrected chi connectivity index (χ4v) is 1.91. The molecule has 0 bridgehead atoms. The van der Waals surface area contributed by atoms with E-state index in [2.05, 4.69) is 0 Å². The van der Waals surface area contributed by atoms with Crippen molar-refractivity contribution < 1.29 is 14.2 Å². The van der Waals surface area contributed by atoms with E-state index >= 15 is 0 Å². The van der Waals surface area contributed by atoms with Gasteiger partial charge in [0, 0.05) is 5.56 Å². The predicted octanol–water partition coefficient (Wildman–Crippen LogP) is 1.87. The normalized spacial score (nSPS) is 10.1. The minimum atomic E-state index is 0.410. The molecule has 16 heavy (non-hydrogen) atoms. The highest BCUT2D eigenvalue weighted by Crippen LogP contribution is 2.43. The Bertz CT molecular complexity index is 369. The largest absolute Gasteiger partial charge is 0.495 e. The first kappa shape index (κ1) is 12.9. The molecule has 5 heteroatoms. The molecular weight excluding hydrogens is 230 g/mol. The summed E-state index contributed by atoms with van der Waals surface area (Å²) in [5, 5.41) is 0.410. The first-order valence-corrected chi connectivity index (χ1v) is 5.24. The van der Waals surface area contributed by atoms with E-state index in [0.29, 0.717) is 35.2 Å². The van der Waals surface area contributed by atoms with Crippen molar-refractivity contribution in [1.29, 1.82) is 0 Å². The monoisotopic (exact) mass is 245 g/mol. The van der Waals surface area contributed by atoms with Crippen LogP contribution in [-0.2, 0) is 6.42 Å². The van der Waals surface area contributed by atoms with Crippen molar-refractivity contribution in [3.05, 3.63) is 16.7 Å². The molecular formula is C11H16ClNO3. The van der Waals surface area contributed by atoms with Crippen LogP contribution in [0.5, 0.6) is 17.2 Å². The number of rotatable bonds is 5. The lowest BCUT2D eigenvalue weighted by molar-refractivity contribution is 0.348. The Balaban J connectivity index is 3.35. The van der Waals surface area contributed by atoms with Crippen LogP contribution in [0.1, 0.15) is 5.56 Å². The van der Waals surface area contributed by atoms with Gasteiger partial charge in [-0.1, -0.05) is 11.6 Å². The fourth-order valence-electron chi connectivity index (χ4n) is 1.55. The molecule has 0 aliphatic rings. The van der Waals surface area contributed by atoms with Crippen LogP contribution >= 0.6 is 11.6 Å². The molecule has 4 nitrogen and oxygen atoms in total. The molecule has 0 saturated carbocycles. The van der Waals surface area contributed by atoms with Gasteiger partial charge >= 0.3 is 0 Å². The van der Waals surface area contributed by atoms with E-state index in [0.717, 1.165) is 5.56 Å². The second-order valence-corrected chi connectivity index (χ2v) is 3.54. The van der Waals surface area contributed by atoms with Crippen LogP contribution in [0.15, 0.2) is 6.07 Å². The van der Waals surface area contributed by atoms with Gasteiger partial charge in [0.1, 0.15) is 10.8 Å². The van der Waals surface area contributed by atoms with Gasteiger partial charge in [-0.25, -0.2) is 0 Å². The summed E-state index contributed by atoms with van der Waals surface area (Å²) in [6, 6.07) is 1.83. The molecule has 0 atom stereocenters. The molecule has 0 fully saturated rings. The summed E-state index contributed by atoms with van der Waals surface area (Å²) in [7, 11) is 4.66. The van der Waals surface area contributed by atoms with Gasteiger partial charge in [-0.2, -0.15) is 0 Å². The highest BCUT2D eigenvalue weighted by Gasteiger charge is 2.18. The Morgan fingerprint density at radius 2 is 1.75 bits per heavy atom. The maximum Gasteiger partial charge on any atom is 0.183 e. The van der Waals surface area contributed by atoms with Gasteiger partial charge < -0.3 is 19.9 Å². The third-order valence-corrected chi connectivity index (χ3v) is 2.60. The Morgan fingerprint density at radius 1 is 1.12 bits per heavy atom. The van der Waals surface area contributed by atoms with Crippen LogP contribution in [0.4, 0.5) is 0 Å². The van der Waals surface area contributed by atoms with E-state index in [4.69, 9.17) is 31.5 Å². The van der Waals surface area contributed by atoms with E-state index in [9.17, 15) is 0 Å². The molecule has 2 N–H and O–H groups in total. The van der Waals surface area contributed by atoms with Crippen molar-refractivity contribution in [2.75, 3.05) is 27.9 Å². The van der Waals surface area contributed by atoms with Gasteiger partial charge in [0.15, 0.2) is 11.5 Å². The number of methoxy groups -OCH3 is 3. The smallest absolute Gasteiger partial charge is 0.183 e. The van der Waals surface area contributed by atoms with Gasteiger partial charge in [0.2, 0.25) is 0 Å². The number of nitrogens with two attached hydrogens (primary N) is 1. The lowest BCUT2D eigenvalue weighted by Gasteiger charge is -2.16. The summed E-state index contributed by atoms with van der Waals surface area (Å²) in [6.07, 6.45) is 0.670. The number of hydrogen-bond donors (Lipinski definition) is 1. The van der Waals surface area contributed by atoms with Gasteiger partial charge in [0.05, 0.1) is 21.3 Å². The van der Waals surface area contributed by atoms with Crippen molar-refractivity contribution in [2.45, 2.75) is 6.42 Å². The maximum atomic E-state index is 6.16. The lowest BCUT2D eigenvalue weighted by atomic mass is 10.1. The summed E-state index contributed by atoms with van der Waals surface area (Å²) < 4.78 is 15.6. The predicted molar refractivity (Wildman–Crippen MR) is 63.9 cm³/mol. The van der Waals surface area contributed by atoms with E-state index < -0.39 is 0 Å². The second kappa shape index (κ2) is 5.82. The van der Waals surface area contributed by atoms with Crippen LogP contribution in [0.2, 0.25) is 5.02 Å².